The van der Waals surface area contributed by atoms with Crippen molar-refractivity contribution in [2.45, 2.75) is 6.92 Å². The number of H-pyrrole nitrogens is 1. The van der Waals surface area contributed by atoms with E-state index in [0.717, 1.165) is 18.8 Å². The van der Waals surface area contributed by atoms with Gasteiger partial charge in [-0.2, -0.15) is 5.21 Å². The lowest BCUT2D eigenvalue weighted by atomic mass is 10.1. The number of halogens is 1. The minimum absolute atomic E-state index is 0.136. The topological polar surface area (TPSA) is 77.2 Å². The molecule has 1 fully saturated rings. The number of hydrogen-bond donors (Lipinski definition) is 2. The zero-order valence-corrected chi connectivity index (χ0v) is 16.3. The van der Waals surface area contributed by atoms with E-state index in [1.165, 1.54) is 11.3 Å². The van der Waals surface area contributed by atoms with Gasteiger partial charge in [0.05, 0.1) is 0 Å². The van der Waals surface area contributed by atoms with Gasteiger partial charge in [0.15, 0.2) is 11.5 Å². The lowest BCUT2D eigenvalue weighted by molar-refractivity contribution is 0.0742. The van der Waals surface area contributed by atoms with Crippen LogP contribution in [0.15, 0.2) is 48.5 Å². The third kappa shape index (κ3) is 3.80. The zero-order valence-electron chi connectivity index (χ0n) is 15.5. The quantitative estimate of drug-likeness (QED) is 0.706. The standard InChI is InChI=1S/C20H21ClN6O/c1-14-5-2-3-8-17(14)26-9-11-27(12-10-26)20(28)18-19(24-25-23-18)22-16-7-4-6-15(21)13-16/h2-8,13H,9-12H2,1H3,(H2,22,23,24,25). The van der Waals surface area contributed by atoms with Crippen molar-refractivity contribution in [2.75, 3.05) is 36.4 Å². The van der Waals surface area contributed by atoms with Crippen LogP contribution < -0.4 is 10.2 Å². The summed E-state index contributed by atoms with van der Waals surface area (Å²) in [4.78, 5) is 17.1. The first-order valence-electron chi connectivity index (χ1n) is 9.15. The molecule has 0 spiro atoms. The number of amides is 1. The maximum Gasteiger partial charge on any atom is 0.278 e. The molecule has 1 aliphatic rings. The van der Waals surface area contributed by atoms with Crippen molar-refractivity contribution in [3.05, 3.63) is 64.8 Å². The molecule has 144 valence electrons. The minimum atomic E-state index is -0.136. The van der Waals surface area contributed by atoms with E-state index < -0.39 is 0 Å². The second-order valence-corrected chi connectivity index (χ2v) is 7.16. The van der Waals surface area contributed by atoms with Gasteiger partial charge in [-0.3, -0.25) is 4.79 Å². The molecule has 0 radical (unpaired) electrons. The zero-order chi connectivity index (χ0) is 19.5. The van der Waals surface area contributed by atoms with Crippen molar-refractivity contribution < 1.29 is 4.79 Å². The number of carbonyl (C=O) groups is 1. The predicted octanol–water partition coefficient (Wildman–Crippen LogP) is 3.47. The Hall–Kier alpha value is -3.06. The Morgan fingerprint density at radius 1 is 1.07 bits per heavy atom. The number of benzene rings is 2. The third-order valence-corrected chi connectivity index (χ3v) is 5.10. The monoisotopic (exact) mass is 396 g/mol. The Balaban J connectivity index is 1.44. The highest BCUT2D eigenvalue weighted by molar-refractivity contribution is 6.30. The average Bonchev–Trinajstić information content (AvgIpc) is 3.16. The van der Waals surface area contributed by atoms with Crippen LogP contribution in [0.25, 0.3) is 0 Å². The largest absolute Gasteiger partial charge is 0.368 e. The summed E-state index contributed by atoms with van der Waals surface area (Å²) in [6.07, 6.45) is 0. The first-order valence-corrected chi connectivity index (χ1v) is 9.53. The van der Waals surface area contributed by atoms with E-state index in [-0.39, 0.29) is 11.6 Å². The van der Waals surface area contributed by atoms with Crippen LogP contribution >= 0.6 is 11.6 Å². The Morgan fingerprint density at radius 3 is 2.61 bits per heavy atom. The maximum atomic E-state index is 13.0. The Labute approximate surface area is 168 Å². The maximum absolute atomic E-state index is 13.0. The molecule has 0 atom stereocenters. The first-order chi connectivity index (χ1) is 13.6. The molecular formula is C20H21ClN6O. The van der Waals surface area contributed by atoms with Gasteiger partial charge in [0.2, 0.25) is 0 Å². The molecule has 1 aromatic heterocycles. The van der Waals surface area contributed by atoms with Crippen LogP contribution in [0.4, 0.5) is 17.2 Å². The number of hydrogen-bond acceptors (Lipinski definition) is 5. The van der Waals surface area contributed by atoms with E-state index >= 15 is 0 Å². The van der Waals surface area contributed by atoms with Crippen molar-refractivity contribution in [2.24, 2.45) is 0 Å². The molecule has 28 heavy (non-hydrogen) atoms. The molecule has 4 rings (SSSR count). The second kappa shape index (κ2) is 7.90. The molecule has 1 amide bonds. The number of carbonyl (C=O) groups excluding carboxylic acids is 1. The summed E-state index contributed by atoms with van der Waals surface area (Å²) in [5.41, 5.74) is 3.50. The summed E-state index contributed by atoms with van der Waals surface area (Å²) >= 11 is 6.02. The molecule has 2 aromatic carbocycles. The molecule has 0 bridgehead atoms. The molecule has 1 aliphatic heterocycles. The molecule has 0 unspecified atom stereocenters. The molecule has 1 saturated heterocycles. The lowest BCUT2D eigenvalue weighted by Crippen LogP contribution is -2.49. The molecule has 0 saturated carbocycles. The molecule has 2 N–H and O–H groups in total. The average molecular weight is 397 g/mol. The molecule has 7 nitrogen and oxygen atoms in total. The predicted molar refractivity (Wildman–Crippen MR) is 110 cm³/mol. The van der Waals surface area contributed by atoms with Crippen LogP contribution in [-0.4, -0.2) is 52.4 Å². The van der Waals surface area contributed by atoms with Crippen molar-refractivity contribution in [3.8, 4) is 0 Å². The van der Waals surface area contributed by atoms with Crippen LogP contribution in [0.1, 0.15) is 16.1 Å². The minimum Gasteiger partial charge on any atom is -0.368 e. The van der Waals surface area contributed by atoms with Gasteiger partial charge in [-0.15, -0.1) is 10.2 Å². The van der Waals surface area contributed by atoms with Gasteiger partial charge >= 0.3 is 0 Å². The fourth-order valence-corrected chi connectivity index (χ4v) is 3.58. The van der Waals surface area contributed by atoms with Crippen molar-refractivity contribution >= 4 is 34.7 Å². The van der Waals surface area contributed by atoms with Crippen LogP contribution in [-0.2, 0) is 0 Å². The fraction of sp³-hybridized carbons (Fsp3) is 0.250. The Morgan fingerprint density at radius 2 is 1.86 bits per heavy atom. The van der Waals surface area contributed by atoms with Crippen LogP contribution in [0, 0.1) is 6.92 Å². The van der Waals surface area contributed by atoms with Gasteiger partial charge in [0.25, 0.3) is 5.91 Å². The molecular weight excluding hydrogens is 376 g/mol. The highest BCUT2D eigenvalue weighted by Gasteiger charge is 2.27. The molecule has 8 heteroatoms. The van der Waals surface area contributed by atoms with Gasteiger partial charge in [-0.1, -0.05) is 35.9 Å². The highest BCUT2D eigenvalue weighted by atomic mass is 35.5. The smallest absolute Gasteiger partial charge is 0.278 e. The number of aromatic amines is 1. The number of nitrogens with zero attached hydrogens (tertiary/aromatic N) is 4. The van der Waals surface area contributed by atoms with E-state index in [0.29, 0.717) is 23.9 Å². The van der Waals surface area contributed by atoms with E-state index in [1.807, 2.05) is 29.2 Å². The van der Waals surface area contributed by atoms with Crippen molar-refractivity contribution in [1.29, 1.82) is 0 Å². The number of nitrogens with one attached hydrogen (secondary N) is 2. The fourth-order valence-electron chi connectivity index (χ4n) is 3.39. The summed E-state index contributed by atoms with van der Waals surface area (Å²) in [5.74, 6) is 0.260. The molecule has 2 heterocycles. The summed E-state index contributed by atoms with van der Waals surface area (Å²) in [7, 11) is 0. The SMILES string of the molecule is Cc1ccccc1N1CCN(C(=O)c2n[nH]nc2Nc2cccc(Cl)c2)CC1. The third-order valence-electron chi connectivity index (χ3n) is 4.86. The van der Waals surface area contributed by atoms with E-state index in [1.54, 1.807) is 12.1 Å². The number of piperazine rings is 1. The van der Waals surface area contributed by atoms with E-state index in [9.17, 15) is 4.79 Å². The van der Waals surface area contributed by atoms with Crippen molar-refractivity contribution in [3.63, 3.8) is 0 Å². The normalized spacial score (nSPS) is 14.2. The van der Waals surface area contributed by atoms with Gasteiger partial charge < -0.3 is 15.1 Å². The number of rotatable bonds is 4. The Kier molecular flexibility index (Phi) is 5.16. The summed E-state index contributed by atoms with van der Waals surface area (Å²) < 4.78 is 0. The molecule has 3 aromatic rings. The highest BCUT2D eigenvalue weighted by Crippen LogP contribution is 2.23. The molecule has 0 aliphatic carbocycles. The Bertz CT molecular complexity index is 980. The number of aryl methyl sites for hydroxylation is 1. The summed E-state index contributed by atoms with van der Waals surface area (Å²) in [6, 6.07) is 15.6. The first kappa shape index (κ1) is 18.3. The van der Waals surface area contributed by atoms with Gasteiger partial charge in [0, 0.05) is 42.6 Å². The van der Waals surface area contributed by atoms with Crippen LogP contribution in [0.2, 0.25) is 5.02 Å². The lowest BCUT2D eigenvalue weighted by Gasteiger charge is -2.36. The second-order valence-electron chi connectivity index (χ2n) is 6.72. The number of anilines is 3. The van der Waals surface area contributed by atoms with Gasteiger partial charge in [-0.25, -0.2) is 0 Å². The number of para-hydroxylation sites is 1. The van der Waals surface area contributed by atoms with E-state index in [4.69, 9.17) is 11.6 Å². The van der Waals surface area contributed by atoms with Crippen molar-refractivity contribution in [1.82, 2.24) is 20.3 Å². The number of aromatic nitrogens is 3. The van der Waals surface area contributed by atoms with Gasteiger partial charge in [-0.05, 0) is 36.8 Å². The summed E-state index contributed by atoms with van der Waals surface area (Å²) in [6.45, 7) is 4.94. The van der Waals surface area contributed by atoms with Crippen LogP contribution in [0.3, 0.4) is 0 Å². The summed E-state index contributed by atoms with van der Waals surface area (Å²) in [5, 5.41) is 14.4. The van der Waals surface area contributed by atoms with Crippen LogP contribution in [0.5, 0.6) is 0 Å². The van der Waals surface area contributed by atoms with E-state index in [2.05, 4.69) is 44.7 Å². The van der Waals surface area contributed by atoms with Gasteiger partial charge in [0.1, 0.15) is 0 Å².